The molecule has 0 aliphatic carbocycles. The molecular weight excluding hydrogens is 440 g/mol. The molecule has 0 unspecified atom stereocenters. The number of aromatic nitrogens is 2. The van der Waals surface area contributed by atoms with Crippen LogP contribution in [-0.4, -0.2) is 36.3 Å². The predicted molar refractivity (Wildman–Crippen MR) is 120 cm³/mol. The van der Waals surface area contributed by atoms with Crippen molar-refractivity contribution in [3.63, 3.8) is 0 Å². The molecule has 1 heterocycles. The molecule has 0 saturated carbocycles. The van der Waals surface area contributed by atoms with Crippen molar-refractivity contribution in [1.29, 1.82) is 0 Å². The molecule has 2 amide bonds. The molecule has 0 aliphatic heterocycles. The van der Waals surface area contributed by atoms with Crippen LogP contribution in [0.25, 0.3) is 6.08 Å². The first-order valence-electron chi connectivity index (χ1n) is 9.00. The Hall–Kier alpha value is -3.43. The second kappa shape index (κ2) is 9.15. The van der Waals surface area contributed by atoms with Crippen molar-refractivity contribution in [1.82, 2.24) is 9.78 Å². The molecular formula is C21H19ClN4O4S. The summed E-state index contributed by atoms with van der Waals surface area (Å²) in [5, 5.41) is 9.54. The highest BCUT2D eigenvalue weighted by Gasteiger charge is 2.13. The number of hydrogen-bond donors (Lipinski definition) is 2. The second-order valence-electron chi connectivity index (χ2n) is 6.72. The van der Waals surface area contributed by atoms with E-state index in [0.717, 1.165) is 11.8 Å². The number of anilines is 2. The van der Waals surface area contributed by atoms with Crippen LogP contribution < -0.4 is 10.6 Å². The number of benzene rings is 2. The summed E-state index contributed by atoms with van der Waals surface area (Å²) in [5.41, 5.74) is 1.73. The zero-order valence-electron chi connectivity index (χ0n) is 16.7. The monoisotopic (exact) mass is 458 g/mol. The van der Waals surface area contributed by atoms with Crippen molar-refractivity contribution in [2.75, 3.05) is 16.9 Å². The van der Waals surface area contributed by atoms with Gasteiger partial charge in [0.25, 0.3) is 5.91 Å². The van der Waals surface area contributed by atoms with Crippen LogP contribution in [0.4, 0.5) is 11.4 Å². The maximum Gasteiger partial charge on any atom is 0.255 e. The van der Waals surface area contributed by atoms with Crippen LogP contribution in [0.5, 0.6) is 0 Å². The van der Waals surface area contributed by atoms with E-state index in [1.54, 1.807) is 42.3 Å². The van der Waals surface area contributed by atoms with Crippen LogP contribution in [0.1, 0.15) is 15.9 Å². The molecule has 10 heteroatoms. The standard InChI is InChI=1S/C21H19ClN4O4S/c1-26-13-14(12-23-26)6-9-20(27)24-16-7-8-19(18(22)11-16)25-21(28)15-4-3-5-17(10-15)31(2,29)30/h3-13H,1-2H3,(H,24,27)(H,25,28)/b9-6+. The number of carbonyl (C=O) groups is 2. The lowest BCUT2D eigenvalue weighted by molar-refractivity contribution is -0.111. The minimum absolute atomic E-state index is 0.0450. The number of sulfone groups is 1. The second-order valence-corrected chi connectivity index (χ2v) is 9.14. The minimum atomic E-state index is -3.43. The fourth-order valence-electron chi connectivity index (χ4n) is 2.64. The van der Waals surface area contributed by atoms with Gasteiger partial charge in [-0.3, -0.25) is 14.3 Å². The lowest BCUT2D eigenvalue weighted by Crippen LogP contribution is -2.13. The van der Waals surface area contributed by atoms with E-state index < -0.39 is 15.7 Å². The smallest absolute Gasteiger partial charge is 0.255 e. The molecule has 2 N–H and O–H groups in total. The average Bonchev–Trinajstić information content (AvgIpc) is 3.13. The van der Waals surface area contributed by atoms with E-state index in [-0.39, 0.29) is 21.4 Å². The Morgan fingerprint density at radius 1 is 1.13 bits per heavy atom. The SMILES string of the molecule is Cn1cc(/C=C/C(=O)Nc2ccc(NC(=O)c3cccc(S(C)(=O)=O)c3)c(Cl)c2)cn1. The minimum Gasteiger partial charge on any atom is -0.322 e. The predicted octanol–water partition coefficient (Wildman–Crippen LogP) is 3.38. The average molecular weight is 459 g/mol. The van der Waals surface area contributed by atoms with Crippen LogP contribution >= 0.6 is 11.6 Å². The topological polar surface area (TPSA) is 110 Å². The van der Waals surface area contributed by atoms with Gasteiger partial charge in [-0.15, -0.1) is 0 Å². The normalized spacial score (nSPS) is 11.5. The molecule has 31 heavy (non-hydrogen) atoms. The number of rotatable bonds is 6. The van der Waals surface area contributed by atoms with Crippen molar-refractivity contribution >= 4 is 50.7 Å². The maximum absolute atomic E-state index is 12.5. The molecule has 1 aromatic heterocycles. The van der Waals surface area contributed by atoms with E-state index in [1.807, 2.05) is 0 Å². The molecule has 0 atom stereocenters. The van der Waals surface area contributed by atoms with E-state index in [0.29, 0.717) is 11.4 Å². The van der Waals surface area contributed by atoms with Crippen LogP contribution in [0.3, 0.4) is 0 Å². The van der Waals surface area contributed by atoms with Crippen LogP contribution in [0, 0.1) is 0 Å². The molecule has 0 aliphatic rings. The van der Waals surface area contributed by atoms with E-state index in [4.69, 9.17) is 11.6 Å². The Morgan fingerprint density at radius 2 is 1.90 bits per heavy atom. The molecule has 0 spiro atoms. The lowest BCUT2D eigenvalue weighted by atomic mass is 10.2. The summed E-state index contributed by atoms with van der Waals surface area (Å²) in [5.74, 6) is -0.863. The number of nitrogens with zero attached hydrogens (tertiary/aromatic N) is 2. The van der Waals surface area contributed by atoms with Gasteiger partial charge in [0.1, 0.15) is 0 Å². The van der Waals surface area contributed by atoms with E-state index in [2.05, 4.69) is 15.7 Å². The highest BCUT2D eigenvalue weighted by molar-refractivity contribution is 7.90. The molecule has 8 nitrogen and oxygen atoms in total. The van der Waals surface area contributed by atoms with Gasteiger partial charge in [-0.1, -0.05) is 17.7 Å². The lowest BCUT2D eigenvalue weighted by Gasteiger charge is -2.10. The third kappa shape index (κ3) is 6.03. The van der Waals surface area contributed by atoms with Crippen LogP contribution in [-0.2, 0) is 21.7 Å². The Balaban J connectivity index is 1.67. The first-order valence-corrected chi connectivity index (χ1v) is 11.3. The summed E-state index contributed by atoms with van der Waals surface area (Å²) >= 11 is 6.23. The van der Waals surface area contributed by atoms with Gasteiger partial charge in [-0.05, 0) is 42.5 Å². The summed E-state index contributed by atoms with van der Waals surface area (Å²) < 4.78 is 25.0. The molecule has 0 fully saturated rings. The fourth-order valence-corrected chi connectivity index (χ4v) is 3.53. The highest BCUT2D eigenvalue weighted by atomic mass is 35.5. The quantitative estimate of drug-likeness (QED) is 0.550. The molecule has 0 bridgehead atoms. The van der Waals surface area contributed by atoms with Gasteiger partial charge in [-0.25, -0.2) is 8.42 Å². The molecule has 3 aromatic rings. The van der Waals surface area contributed by atoms with Gasteiger partial charge in [0.15, 0.2) is 9.84 Å². The summed E-state index contributed by atoms with van der Waals surface area (Å²) in [7, 11) is -1.66. The van der Waals surface area contributed by atoms with Gasteiger partial charge >= 0.3 is 0 Å². The Morgan fingerprint density at radius 3 is 2.55 bits per heavy atom. The van der Waals surface area contributed by atoms with E-state index in [9.17, 15) is 18.0 Å². The summed E-state index contributed by atoms with van der Waals surface area (Å²) in [6.45, 7) is 0. The molecule has 0 saturated heterocycles. The first kappa shape index (κ1) is 22.3. The van der Waals surface area contributed by atoms with Gasteiger partial charge in [-0.2, -0.15) is 5.10 Å². The third-order valence-electron chi connectivity index (χ3n) is 4.16. The molecule has 160 valence electrons. The van der Waals surface area contributed by atoms with Crippen molar-refractivity contribution in [2.45, 2.75) is 4.90 Å². The Labute approximate surface area is 184 Å². The summed E-state index contributed by atoms with van der Waals surface area (Å²) in [4.78, 5) is 24.6. The van der Waals surface area contributed by atoms with Crippen LogP contribution in [0.2, 0.25) is 5.02 Å². The van der Waals surface area contributed by atoms with Crippen LogP contribution in [0.15, 0.2) is 65.8 Å². The van der Waals surface area contributed by atoms with Crippen molar-refractivity contribution < 1.29 is 18.0 Å². The number of amides is 2. The van der Waals surface area contributed by atoms with Gasteiger partial charge in [0.05, 0.1) is 21.8 Å². The summed E-state index contributed by atoms with van der Waals surface area (Å²) in [6.07, 6.45) is 7.46. The van der Waals surface area contributed by atoms with Crippen molar-refractivity contribution in [3.8, 4) is 0 Å². The first-order chi connectivity index (χ1) is 14.6. The van der Waals surface area contributed by atoms with Gasteiger partial charge in [0, 0.05) is 42.4 Å². The Kier molecular flexibility index (Phi) is 6.57. The zero-order valence-corrected chi connectivity index (χ0v) is 18.2. The third-order valence-corrected chi connectivity index (χ3v) is 5.58. The molecule has 0 radical (unpaired) electrons. The zero-order chi connectivity index (χ0) is 22.6. The largest absolute Gasteiger partial charge is 0.322 e. The van der Waals surface area contributed by atoms with Gasteiger partial charge in [0.2, 0.25) is 5.91 Å². The number of hydrogen-bond acceptors (Lipinski definition) is 5. The summed E-state index contributed by atoms with van der Waals surface area (Å²) in [6, 6.07) is 10.3. The van der Waals surface area contributed by atoms with E-state index >= 15 is 0 Å². The Bertz CT molecular complexity index is 1280. The maximum atomic E-state index is 12.5. The van der Waals surface area contributed by atoms with Gasteiger partial charge < -0.3 is 10.6 Å². The molecule has 3 rings (SSSR count). The van der Waals surface area contributed by atoms with Crippen molar-refractivity contribution in [2.24, 2.45) is 7.05 Å². The number of carbonyl (C=O) groups excluding carboxylic acids is 2. The number of aryl methyl sites for hydroxylation is 1. The van der Waals surface area contributed by atoms with Crippen molar-refractivity contribution in [3.05, 3.63) is 77.1 Å². The van der Waals surface area contributed by atoms with E-state index in [1.165, 1.54) is 36.4 Å². The number of nitrogens with one attached hydrogen (secondary N) is 2. The highest BCUT2D eigenvalue weighted by Crippen LogP contribution is 2.26. The number of halogens is 1. The molecule has 2 aromatic carbocycles. The fraction of sp³-hybridized carbons (Fsp3) is 0.0952.